The number of alkyl halides is 3. The third-order valence-electron chi connectivity index (χ3n) is 4.23. The first kappa shape index (κ1) is 17.9. The Morgan fingerprint density at radius 3 is 2.30 bits per heavy atom. The number of carbonyl (C=O) groups excluding carboxylic acids is 1. The number of piperazine rings is 1. The highest BCUT2D eigenvalue weighted by Gasteiger charge is 2.34. The monoisotopic (exact) mass is 332 g/mol. The fourth-order valence-corrected chi connectivity index (χ4v) is 2.74. The van der Waals surface area contributed by atoms with Gasteiger partial charge >= 0.3 is 6.18 Å². The van der Waals surface area contributed by atoms with Crippen LogP contribution in [0, 0.1) is 5.82 Å². The molecule has 0 spiro atoms. The number of halogens is 4. The van der Waals surface area contributed by atoms with Gasteiger partial charge in [0.2, 0.25) is 0 Å². The van der Waals surface area contributed by atoms with Crippen LogP contribution in [-0.2, 0) is 11.0 Å². The summed E-state index contributed by atoms with van der Waals surface area (Å²) in [6.07, 6.45) is -4.73. The molecule has 0 unspecified atom stereocenters. The highest BCUT2D eigenvalue weighted by molar-refractivity contribution is 5.83. The summed E-state index contributed by atoms with van der Waals surface area (Å²) in [6.45, 7) is 5.08. The van der Waals surface area contributed by atoms with Crippen molar-refractivity contribution in [1.29, 1.82) is 0 Å². The molecule has 23 heavy (non-hydrogen) atoms. The number of hydrogen-bond acceptors (Lipinski definition) is 3. The third kappa shape index (κ3) is 4.51. The van der Waals surface area contributed by atoms with Crippen molar-refractivity contribution in [3.63, 3.8) is 0 Å². The molecular weight excluding hydrogens is 312 g/mol. The smallest absolute Gasteiger partial charge is 0.304 e. The molecular formula is C16H20F4N2O. The lowest BCUT2D eigenvalue weighted by Crippen LogP contribution is -2.46. The Bertz CT molecular complexity index is 566. The molecule has 0 bridgehead atoms. The molecule has 1 aliphatic heterocycles. The minimum Gasteiger partial charge on any atom is -0.304 e. The first-order chi connectivity index (χ1) is 10.7. The molecule has 1 aromatic carbocycles. The molecule has 7 heteroatoms. The van der Waals surface area contributed by atoms with E-state index in [1.54, 1.807) is 0 Å². The van der Waals surface area contributed by atoms with Crippen molar-refractivity contribution >= 4 is 5.78 Å². The largest absolute Gasteiger partial charge is 0.419 e. The maximum atomic E-state index is 13.7. The maximum absolute atomic E-state index is 13.7. The molecule has 3 nitrogen and oxygen atoms in total. The van der Waals surface area contributed by atoms with Crippen LogP contribution in [0.3, 0.4) is 0 Å². The van der Waals surface area contributed by atoms with Crippen molar-refractivity contribution in [3.8, 4) is 0 Å². The number of rotatable bonds is 4. The summed E-state index contributed by atoms with van der Waals surface area (Å²) < 4.78 is 51.6. The van der Waals surface area contributed by atoms with Crippen molar-refractivity contribution in [2.24, 2.45) is 0 Å². The molecule has 1 aromatic rings. The lowest BCUT2D eigenvalue weighted by atomic mass is 9.93. The van der Waals surface area contributed by atoms with Crippen LogP contribution in [0.1, 0.15) is 24.0 Å². The van der Waals surface area contributed by atoms with E-state index in [0.717, 1.165) is 32.2 Å². The summed E-state index contributed by atoms with van der Waals surface area (Å²) >= 11 is 0. The van der Waals surface area contributed by atoms with Crippen molar-refractivity contribution in [2.75, 3.05) is 39.8 Å². The first-order valence-electron chi connectivity index (χ1n) is 7.46. The average Bonchev–Trinajstić information content (AvgIpc) is 2.44. The van der Waals surface area contributed by atoms with Gasteiger partial charge in [-0.2, -0.15) is 13.2 Å². The first-order valence-corrected chi connectivity index (χ1v) is 7.46. The Hall–Kier alpha value is -1.47. The van der Waals surface area contributed by atoms with Crippen LogP contribution in [0.25, 0.3) is 0 Å². The number of Topliss-reactive ketones (excluding diaryl/α,β-unsaturated/α-hetero) is 1. The zero-order valence-corrected chi connectivity index (χ0v) is 13.2. The molecule has 0 N–H and O–H groups in total. The maximum Gasteiger partial charge on any atom is 0.419 e. The number of hydrogen-bond donors (Lipinski definition) is 0. The van der Waals surface area contributed by atoms with Gasteiger partial charge in [-0.15, -0.1) is 0 Å². The van der Waals surface area contributed by atoms with Crippen LogP contribution in [0.15, 0.2) is 18.2 Å². The molecule has 0 radical (unpaired) electrons. The molecule has 2 rings (SSSR count). The molecule has 1 aliphatic rings. The Morgan fingerprint density at radius 2 is 1.83 bits per heavy atom. The van der Waals surface area contributed by atoms with Gasteiger partial charge < -0.3 is 4.90 Å². The minimum atomic E-state index is -4.73. The van der Waals surface area contributed by atoms with Gasteiger partial charge in [-0.05, 0) is 31.7 Å². The Balaban J connectivity index is 2.18. The van der Waals surface area contributed by atoms with Crippen molar-refractivity contribution < 1.29 is 22.4 Å². The number of nitrogens with zero attached hydrogens (tertiary/aromatic N) is 2. The zero-order chi connectivity index (χ0) is 17.2. The molecule has 0 amide bonds. The molecule has 128 valence electrons. The summed E-state index contributed by atoms with van der Waals surface area (Å²) in [4.78, 5) is 16.1. The van der Waals surface area contributed by atoms with Gasteiger partial charge in [0.15, 0.2) is 0 Å². The number of carbonyl (C=O) groups is 1. The van der Waals surface area contributed by atoms with Gasteiger partial charge in [0.05, 0.1) is 11.5 Å². The quantitative estimate of drug-likeness (QED) is 0.792. The van der Waals surface area contributed by atoms with E-state index in [9.17, 15) is 22.4 Å². The summed E-state index contributed by atoms with van der Waals surface area (Å²) in [7, 11) is 2.00. The van der Waals surface area contributed by atoms with E-state index >= 15 is 0 Å². The van der Waals surface area contributed by atoms with E-state index in [-0.39, 0.29) is 5.78 Å². The topological polar surface area (TPSA) is 23.6 Å². The van der Waals surface area contributed by atoms with Gasteiger partial charge in [0.1, 0.15) is 11.6 Å². The number of ketones is 1. The van der Waals surface area contributed by atoms with E-state index in [4.69, 9.17) is 0 Å². The van der Waals surface area contributed by atoms with Gasteiger partial charge in [-0.25, -0.2) is 4.39 Å². The molecule has 1 atom stereocenters. The van der Waals surface area contributed by atoms with Crippen LogP contribution < -0.4 is 0 Å². The van der Waals surface area contributed by atoms with Crippen LogP contribution in [0.2, 0.25) is 0 Å². The van der Waals surface area contributed by atoms with Crippen molar-refractivity contribution in [1.82, 2.24) is 9.80 Å². The van der Waals surface area contributed by atoms with Gasteiger partial charge in [-0.1, -0.05) is 6.07 Å². The summed E-state index contributed by atoms with van der Waals surface area (Å²) in [5.41, 5.74) is -1.01. The van der Waals surface area contributed by atoms with E-state index < -0.39 is 23.5 Å². The molecule has 1 fully saturated rings. The minimum absolute atomic E-state index is 0.178. The number of likely N-dealkylation sites (N-methyl/N-ethyl adjacent to an activating group) is 1. The van der Waals surface area contributed by atoms with Gasteiger partial charge in [-0.3, -0.25) is 9.69 Å². The third-order valence-corrected chi connectivity index (χ3v) is 4.23. The molecule has 0 aliphatic carbocycles. The fourth-order valence-electron chi connectivity index (χ4n) is 2.74. The zero-order valence-electron chi connectivity index (χ0n) is 13.2. The standard InChI is InChI=1S/C16H20F4N2O/c1-11(23)13(10-22-7-5-21(2)6-8-22)12-3-4-14(15(17)9-12)16(18,19)20/h3-4,9,13H,5-8,10H2,1-2H3/t13-/m0/s1. The summed E-state index contributed by atoms with van der Waals surface area (Å²) in [5.74, 6) is -2.13. The Kier molecular flexibility index (Phi) is 5.41. The molecule has 0 saturated carbocycles. The van der Waals surface area contributed by atoms with E-state index in [1.807, 2.05) is 7.05 Å². The van der Waals surface area contributed by atoms with E-state index in [2.05, 4.69) is 9.80 Å². The van der Waals surface area contributed by atoms with E-state index in [1.165, 1.54) is 13.0 Å². The Labute approximate surface area is 132 Å². The highest BCUT2D eigenvalue weighted by atomic mass is 19.4. The lowest BCUT2D eigenvalue weighted by Gasteiger charge is -2.34. The van der Waals surface area contributed by atoms with Gasteiger partial charge in [0.25, 0.3) is 0 Å². The summed E-state index contributed by atoms with van der Waals surface area (Å²) in [6, 6.07) is 2.75. The van der Waals surface area contributed by atoms with Gasteiger partial charge in [0, 0.05) is 32.7 Å². The van der Waals surface area contributed by atoms with E-state index in [0.29, 0.717) is 18.2 Å². The van der Waals surface area contributed by atoms with Crippen LogP contribution >= 0.6 is 0 Å². The molecule has 0 aromatic heterocycles. The fraction of sp³-hybridized carbons (Fsp3) is 0.562. The second-order valence-electron chi connectivity index (χ2n) is 6.00. The van der Waals surface area contributed by atoms with Crippen LogP contribution in [0.4, 0.5) is 17.6 Å². The predicted octanol–water partition coefficient (Wildman–Crippen LogP) is 2.76. The second-order valence-corrected chi connectivity index (χ2v) is 6.00. The normalized spacial score (nSPS) is 18.9. The van der Waals surface area contributed by atoms with Crippen LogP contribution in [0.5, 0.6) is 0 Å². The highest BCUT2D eigenvalue weighted by Crippen LogP contribution is 2.33. The summed E-state index contributed by atoms with van der Waals surface area (Å²) in [5, 5.41) is 0. The molecule has 1 saturated heterocycles. The SMILES string of the molecule is CC(=O)[C@H](CN1CCN(C)CC1)c1ccc(C(F)(F)F)c(F)c1. The van der Waals surface area contributed by atoms with Crippen molar-refractivity contribution in [3.05, 3.63) is 35.1 Å². The second kappa shape index (κ2) is 6.97. The lowest BCUT2D eigenvalue weighted by molar-refractivity contribution is -0.140. The van der Waals surface area contributed by atoms with Crippen molar-refractivity contribution in [2.45, 2.75) is 19.0 Å². The van der Waals surface area contributed by atoms with Crippen LogP contribution in [-0.4, -0.2) is 55.4 Å². The number of benzene rings is 1. The molecule has 1 heterocycles. The average molecular weight is 332 g/mol. The predicted molar refractivity (Wildman–Crippen MR) is 78.8 cm³/mol. The Morgan fingerprint density at radius 1 is 1.22 bits per heavy atom.